The van der Waals surface area contributed by atoms with Crippen LogP contribution in [0.25, 0.3) is 27.9 Å². The van der Waals surface area contributed by atoms with E-state index < -0.39 is 10.0 Å². The second kappa shape index (κ2) is 7.02. The van der Waals surface area contributed by atoms with Gasteiger partial charge in [0.15, 0.2) is 0 Å². The maximum atomic E-state index is 11.9. The number of hydrogen-bond acceptors (Lipinski definition) is 5. The number of imidazole rings is 1. The van der Waals surface area contributed by atoms with Crippen LogP contribution in [0.4, 0.5) is 5.69 Å². The standard InChI is InChI=1S/C23H21N5O2S/c1-27-14-25-19-9-7-15(12-22(19)27)18-8-10-20-23(18)26-21(13-24-20)16-5-4-6-17(11-16)28(2)31(3,29)30/h4-9,11-14H,10H2,1-3H3. The summed E-state index contributed by atoms with van der Waals surface area (Å²) < 4.78 is 27.1. The molecule has 1 aliphatic rings. The summed E-state index contributed by atoms with van der Waals surface area (Å²) in [6, 6.07) is 13.5. The zero-order valence-corrected chi connectivity index (χ0v) is 18.3. The number of sulfonamides is 1. The molecule has 0 aliphatic heterocycles. The lowest BCUT2D eigenvalue weighted by molar-refractivity contribution is 0.600. The lowest BCUT2D eigenvalue weighted by atomic mass is 10.0. The Labute approximate surface area is 180 Å². The van der Waals surface area contributed by atoms with E-state index >= 15 is 0 Å². The highest BCUT2D eigenvalue weighted by Gasteiger charge is 2.21. The van der Waals surface area contributed by atoms with E-state index in [9.17, 15) is 8.42 Å². The monoisotopic (exact) mass is 431 g/mol. The van der Waals surface area contributed by atoms with Gasteiger partial charge >= 0.3 is 0 Å². The van der Waals surface area contributed by atoms with Crippen LogP contribution in [-0.2, 0) is 23.5 Å². The van der Waals surface area contributed by atoms with Gasteiger partial charge in [-0.2, -0.15) is 0 Å². The molecule has 0 fully saturated rings. The van der Waals surface area contributed by atoms with Crippen molar-refractivity contribution in [1.29, 1.82) is 0 Å². The van der Waals surface area contributed by atoms with Crippen molar-refractivity contribution in [3.63, 3.8) is 0 Å². The first kappa shape index (κ1) is 19.4. The molecule has 0 bridgehead atoms. The van der Waals surface area contributed by atoms with Crippen molar-refractivity contribution in [3.05, 3.63) is 78.0 Å². The molecular formula is C23H21N5O2S. The van der Waals surface area contributed by atoms with Gasteiger partial charge in [-0.3, -0.25) is 9.29 Å². The van der Waals surface area contributed by atoms with Gasteiger partial charge < -0.3 is 4.57 Å². The molecule has 31 heavy (non-hydrogen) atoms. The zero-order chi connectivity index (χ0) is 21.8. The first-order valence-electron chi connectivity index (χ1n) is 9.83. The van der Waals surface area contributed by atoms with E-state index in [-0.39, 0.29) is 0 Å². The molecule has 2 aromatic heterocycles. The Morgan fingerprint density at radius 1 is 1.06 bits per heavy atom. The van der Waals surface area contributed by atoms with E-state index in [1.165, 1.54) is 17.6 Å². The number of allylic oxidation sites excluding steroid dienone is 1. The Balaban J connectivity index is 1.56. The normalized spacial score (nSPS) is 13.3. The minimum Gasteiger partial charge on any atom is -0.334 e. The number of rotatable bonds is 4. The van der Waals surface area contributed by atoms with E-state index in [0.717, 1.165) is 45.5 Å². The molecule has 8 heteroatoms. The molecular weight excluding hydrogens is 410 g/mol. The van der Waals surface area contributed by atoms with Crippen LogP contribution >= 0.6 is 0 Å². The van der Waals surface area contributed by atoms with Crippen LogP contribution in [0.2, 0.25) is 0 Å². The smallest absolute Gasteiger partial charge is 0.231 e. The van der Waals surface area contributed by atoms with Gasteiger partial charge in [-0.1, -0.05) is 24.3 Å². The number of aromatic nitrogens is 4. The fourth-order valence-electron chi connectivity index (χ4n) is 3.81. The number of nitrogens with zero attached hydrogens (tertiary/aromatic N) is 5. The second-order valence-corrected chi connectivity index (χ2v) is 9.73. The Morgan fingerprint density at radius 2 is 1.90 bits per heavy atom. The lowest BCUT2D eigenvalue weighted by Crippen LogP contribution is -2.24. The van der Waals surface area contributed by atoms with Gasteiger partial charge in [0.05, 0.1) is 52.6 Å². The first-order valence-corrected chi connectivity index (χ1v) is 11.7. The van der Waals surface area contributed by atoms with Gasteiger partial charge in [-0.15, -0.1) is 0 Å². The molecule has 2 heterocycles. The molecule has 156 valence electrons. The minimum atomic E-state index is -3.34. The molecule has 1 aliphatic carbocycles. The van der Waals surface area contributed by atoms with Crippen molar-refractivity contribution in [2.45, 2.75) is 6.42 Å². The van der Waals surface area contributed by atoms with Crippen molar-refractivity contribution in [1.82, 2.24) is 19.5 Å². The Bertz CT molecular complexity index is 1470. The largest absolute Gasteiger partial charge is 0.334 e. The number of fused-ring (bicyclic) bond motifs is 2. The summed E-state index contributed by atoms with van der Waals surface area (Å²) in [5.74, 6) is 0. The maximum absolute atomic E-state index is 11.9. The Morgan fingerprint density at radius 3 is 2.71 bits per heavy atom. The molecule has 5 rings (SSSR count). The summed E-state index contributed by atoms with van der Waals surface area (Å²) in [6.45, 7) is 0. The first-order chi connectivity index (χ1) is 14.8. The van der Waals surface area contributed by atoms with Crippen molar-refractivity contribution < 1.29 is 8.42 Å². The van der Waals surface area contributed by atoms with Gasteiger partial charge in [0.25, 0.3) is 0 Å². The highest BCUT2D eigenvalue weighted by Crippen LogP contribution is 2.33. The molecule has 2 aromatic carbocycles. The van der Waals surface area contributed by atoms with E-state index in [0.29, 0.717) is 11.4 Å². The number of hydrogen-bond donors (Lipinski definition) is 0. The number of anilines is 1. The van der Waals surface area contributed by atoms with E-state index in [1.807, 2.05) is 42.2 Å². The molecule has 0 amide bonds. The molecule has 7 nitrogen and oxygen atoms in total. The Kier molecular flexibility index (Phi) is 4.40. The van der Waals surface area contributed by atoms with E-state index in [4.69, 9.17) is 4.98 Å². The molecule has 0 saturated carbocycles. The fourth-order valence-corrected chi connectivity index (χ4v) is 4.31. The third-order valence-electron chi connectivity index (χ3n) is 5.64. The van der Waals surface area contributed by atoms with Crippen LogP contribution < -0.4 is 4.31 Å². The maximum Gasteiger partial charge on any atom is 0.231 e. The summed E-state index contributed by atoms with van der Waals surface area (Å²) in [5.41, 5.74) is 8.05. The van der Waals surface area contributed by atoms with Gasteiger partial charge in [-0.05, 0) is 29.8 Å². The van der Waals surface area contributed by atoms with Crippen LogP contribution in [-0.4, -0.2) is 41.2 Å². The van der Waals surface area contributed by atoms with Gasteiger partial charge in [0, 0.05) is 31.7 Å². The van der Waals surface area contributed by atoms with E-state index in [2.05, 4.69) is 28.2 Å². The summed E-state index contributed by atoms with van der Waals surface area (Å²) in [6.07, 6.45) is 7.63. The fraction of sp³-hybridized carbons (Fsp3) is 0.174. The minimum absolute atomic E-state index is 0.583. The SMILES string of the molecule is CN(c1cccc(-c2cnc3c(n2)C(c2ccc4ncn(C)c4c2)=CC3)c1)S(C)(=O)=O. The van der Waals surface area contributed by atoms with E-state index in [1.54, 1.807) is 12.3 Å². The topological polar surface area (TPSA) is 81.0 Å². The highest BCUT2D eigenvalue weighted by molar-refractivity contribution is 7.92. The molecule has 4 aromatic rings. The van der Waals surface area contributed by atoms with Crippen molar-refractivity contribution >= 4 is 32.3 Å². The molecule has 0 atom stereocenters. The van der Waals surface area contributed by atoms with Gasteiger partial charge in [-0.25, -0.2) is 18.4 Å². The third kappa shape index (κ3) is 3.38. The summed E-state index contributed by atoms with van der Waals surface area (Å²) in [7, 11) is 0.176. The van der Waals surface area contributed by atoms with Crippen LogP contribution in [0, 0.1) is 0 Å². The average molecular weight is 432 g/mol. The summed E-state index contributed by atoms with van der Waals surface area (Å²) in [4.78, 5) is 13.9. The molecule has 0 radical (unpaired) electrons. The number of benzene rings is 2. The highest BCUT2D eigenvalue weighted by atomic mass is 32.2. The second-order valence-electron chi connectivity index (χ2n) is 7.71. The quantitative estimate of drug-likeness (QED) is 0.495. The molecule has 0 N–H and O–H groups in total. The predicted octanol–water partition coefficient (Wildman–Crippen LogP) is 3.41. The van der Waals surface area contributed by atoms with Crippen molar-refractivity contribution in [2.75, 3.05) is 17.6 Å². The molecule has 0 saturated heterocycles. The third-order valence-corrected chi connectivity index (χ3v) is 6.85. The van der Waals surface area contributed by atoms with Gasteiger partial charge in [0.2, 0.25) is 10.0 Å². The zero-order valence-electron chi connectivity index (χ0n) is 17.4. The molecule has 0 spiro atoms. The molecule has 0 unspecified atom stereocenters. The average Bonchev–Trinajstić information content (AvgIpc) is 3.35. The predicted molar refractivity (Wildman–Crippen MR) is 122 cm³/mol. The summed E-state index contributed by atoms with van der Waals surface area (Å²) in [5, 5.41) is 0. The van der Waals surface area contributed by atoms with Crippen LogP contribution in [0.3, 0.4) is 0 Å². The lowest BCUT2D eigenvalue weighted by Gasteiger charge is -2.17. The van der Waals surface area contributed by atoms with Crippen LogP contribution in [0.5, 0.6) is 0 Å². The Hall–Kier alpha value is -3.52. The van der Waals surface area contributed by atoms with Gasteiger partial charge in [0.1, 0.15) is 0 Å². The van der Waals surface area contributed by atoms with Crippen LogP contribution in [0.1, 0.15) is 17.0 Å². The van der Waals surface area contributed by atoms with Crippen molar-refractivity contribution in [3.8, 4) is 11.3 Å². The van der Waals surface area contributed by atoms with Crippen LogP contribution in [0.15, 0.2) is 61.1 Å². The summed E-state index contributed by atoms with van der Waals surface area (Å²) >= 11 is 0. The number of aryl methyl sites for hydroxylation is 1. The van der Waals surface area contributed by atoms with Crippen molar-refractivity contribution in [2.24, 2.45) is 7.05 Å².